The fourth-order valence-corrected chi connectivity index (χ4v) is 2.02. The fourth-order valence-electron chi connectivity index (χ4n) is 1.51. The van der Waals surface area contributed by atoms with Gasteiger partial charge in [0.2, 0.25) is 0 Å². The molecule has 0 aromatic carbocycles. The highest BCUT2D eigenvalue weighted by Gasteiger charge is 2.74. The zero-order valence-electron chi connectivity index (χ0n) is 14.7. The number of hydrogen-bond donors (Lipinski definition) is 1. The summed E-state index contributed by atoms with van der Waals surface area (Å²) in [4.78, 5) is 0. The number of hydrogen-bond acceptors (Lipinski definition) is 3. The Labute approximate surface area is 172 Å². The average molecular weight is 563 g/mol. The fraction of sp³-hybridized carbons (Fsp3) is 1.00. The van der Waals surface area contributed by atoms with Gasteiger partial charge >= 0.3 is 35.9 Å². The molecule has 31 heavy (non-hydrogen) atoms. The minimum Gasteiger partial charge on any atom is -0.396 e. The van der Waals surface area contributed by atoms with E-state index >= 15 is 0 Å². The molecule has 3 nitrogen and oxygen atoms in total. The Morgan fingerprint density at radius 2 is 0.903 bits per heavy atom. The molecule has 0 radical (unpaired) electrons. The van der Waals surface area contributed by atoms with Crippen molar-refractivity contribution in [2.75, 3.05) is 38.5 Å². The summed E-state index contributed by atoms with van der Waals surface area (Å²) in [5.41, 5.74) is -2.80. The second kappa shape index (κ2) is 9.70. The summed E-state index contributed by atoms with van der Waals surface area (Å²) in [6.45, 7) is -12.4. The molecule has 0 bridgehead atoms. The first kappa shape index (κ1) is 30.4. The van der Waals surface area contributed by atoms with Crippen molar-refractivity contribution in [1.29, 1.82) is 0 Å². The summed E-state index contributed by atoms with van der Waals surface area (Å²) in [6, 6.07) is 0. The van der Waals surface area contributed by atoms with Gasteiger partial charge in [-0.05, 0) is 0 Å². The molecule has 0 rings (SSSR count). The first-order valence-corrected chi connectivity index (χ1v) is 8.61. The Hall–Kier alpha value is -0.620. The molecule has 18 heteroatoms. The van der Waals surface area contributed by atoms with E-state index in [0.717, 1.165) is 0 Å². The summed E-state index contributed by atoms with van der Waals surface area (Å²) >= 11 is 2.37. The lowest BCUT2D eigenvalue weighted by molar-refractivity contribution is -0.414. The molecule has 188 valence electrons. The van der Waals surface area contributed by atoms with Crippen LogP contribution in [-0.2, 0) is 9.47 Å². The number of ether oxygens (including phenoxy) is 2. The van der Waals surface area contributed by atoms with Crippen LogP contribution < -0.4 is 0 Å². The molecule has 0 spiro atoms. The van der Waals surface area contributed by atoms with Crippen molar-refractivity contribution in [2.24, 2.45) is 5.41 Å². The predicted molar refractivity (Wildman–Crippen MR) is 76.8 cm³/mol. The zero-order valence-corrected chi connectivity index (χ0v) is 16.3. The van der Waals surface area contributed by atoms with Crippen molar-refractivity contribution in [3.8, 4) is 0 Å². The van der Waals surface area contributed by atoms with Crippen LogP contribution in [0.4, 0.5) is 61.5 Å². The molecular formula is C13H13BrF14O3. The zero-order chi connectivity index (χ0) is 25.2. The van der Waals surface area contributed by atoms with Crippen LogP contribution in [-0.4, -0.2) is 79.5 Å². The van der Waals surface area contributed by atoms with Crippen molar-refractivity contribution in [3.63, 3.8) is 0 Å². The molecule has 0 unspecified atom stereocenters. The molecule has 0 aliphatic rings. The quantitative estimate of drug-likeness (QED) is 0.238. The second-order valence-electron chi connectivity index (χ2n) is 6.23. The molecule has 0 heterocycles. The van der Waals surface area contributed by atoms with Gasteiger partial charge in [0.1, 0.15) is 0 Å². The Balaban J connectivity index is 5.62. The molecular weight excluding hydrogens is 550 g/mol. The van der Waals surface area contributed by atoms with Crippen LogP contribution in [0.2, 0.25) is 0 Å². The molecule has 0 saturated carbocycles. The molecule has 1 N–H and O–H groups in total. The van der Waals surface area contributed by atoms with Gasteiger partial charge in [0, 0.05) is 5.33 Å². The van der Waals surface area contributed by atoms with Gasteiger partial charge in [0.25, 0.3) is 0 Å². The van der Waals surface area contributed by atoms with Crippen molar-refractivity contribution in [2.45, 2.75) is 35.9 Å². The van der Waals surface area contributed by atoms with Gasteiger partial charge in [0.05, 0.1) is 25.2 Å². The summed E-state index contributed by atoms with van der Waals surface area (Å²) in [5.74, 6) is -24.9. The van der Waals surface area contributed by atoms with Crippen molar-refractivity contribution in [1.82, 2.24) is 0 Å². The monoisotopic (exact) mass is 562 g/mol. The van der Waals surface area contributed by atoms with E-state index in [9.17, 15) is 61.5 Å². The number of halogens is 15. The van der Waals surface area contributed by atoms with Gasteiger partial charge < -0.3 is 14.6 Å². The molecule has 0 amide bonds. The maximum absolute atomic E-state index is 13.4. The molecule has 0 aliphatic heterocycles. The lowest BCUT2D eigenvalue weighted by Crippen LogP contribution is -2.59. The SMILES string of the molecule is OCC(CBr)(COC(F)(F)C(F)(F)C(F)(F)CF)COC(F)(F)C(F)(F)C(F)(F)CF. The standard InChI is InChI=1S/C13H13BrF14O3/c14-1-7(4-29,5-30-12(25,26)10(21,22)8(17,18)2-15)6-31-13(27,28)11(23,24)9(19,20)3-16/h29H,1-6H2. The molecule has 0 aromatic heterocycles. The van der Waals surface area contributed by atoms with E-state index in [1.165, 1.54) is 0 Å². The van der Waals surface area contributed by atoms with E-state index in [1.807, 2.05) is 0 Å². The molecule has 0 atom stereocenters. The normalized spacial score (nSPS) is 15.5. The topological polar surface area (TPSA) is 38.7 Å². The Bertz CT molecular complexity index is 536. The van der Waals surface area contributed by atoms with E-state index < -0.39 is 79.8 Å². The van der Waals surface area contributed by atoms with Crippen molar-refractivity contribution in [3.05, 3.63) is 0 Å². The van der Waals surface area contributed by atoms with Gasteiger partial charge in [-0.2, -0.15) is 52.7 Å². The smallest absolute Gasteiger partial charge is 0.396 e. The van der Waals surface area contributed by atoms with E-state index in [-0.39, 0.29) is 0 Å². The lowest BCUT2D eigenvalue weighted by Gasteiger charge is -2.37. The number of aliphatic hydroxyl groups excluding tert-OH is 1. The van der Waals surface area contributed by atoms with E-state index in [2.05, 4.69) is 25.4 Å². The maximum Gasteiger partial charge on any atom is 0.425 e. The Kier molecular flexibility index (Phi) is 9.51. The van der Waals surface area contributed by atoms with E-state index in [0.29, 0.717) is 0 Å². The molecule has 0 saturated heterocycles. The minimum absolute atomic E-state index is 1.06. The highest BCUT2D eigenvalue weighted by atomic mass is 79.9. The van der Waals surface area contributed by atoms with E-state index in [1.54, 1.807) is 0 Å². The van der Waals surface area contributed by atoms with Crippen LogP contribution in [0.5, 0.6) is 0 Å². The van der Waals surface area contributed by atoms with E-state index in [4.69, 9.17) is 5.11 Å². The van der Waals surface area contributed by atoms with Crippen LogP contribution in [0.15, 0.2) is 0 Å². The van der Waals surface area contributed by atoms with Gasteiger partial charge in [-0.25, -0.2) is 8.78 Å². The number of aliphatic hydroxyl groups is 1. The third-order valence-electron chi connectivity index (χ3n) is 3.72. The summed E-state index contributed by atoms with van der Waals surface area (Å²) in [5, 5.41) is 8.06. The summed E-state index contributed by atoms with van der Waals surface area (Å²) in [6.07, 6.45) is -12.4. The van der Waals surface area contributed by atoms with Crippen LogP contribution in [0.1, 0.15) is 0 Å². The molecule has 0 aromatic rings. The molecule has 0 fully saturated rings. The van der Waals surface area contributed by atoms with Crippen LogP contribution in [0.3, 0.4) is 0 Å². The first-order valence-electron chi connectivity index (χ1n) is 7.49. The number of rotatable bonds is 14. The van der Waals surface area contributed by atoms with Gasteiger partial charge in [-0.15, -0.1) is 0 Å². The van der Waals surface area contributed by atoms with Gasteiger partial charge in [0.15, 0.2) is 13.3 Å². The summed E-state index contributed by atoms with van der Waals surface area (Å²) in [7, 11) is 0. The predicted octanol–water partition coefficient (Wildman–Crippen LogP) is 5.06. The number of alkyl halides is 15. The van der Waals surface area contributed by atoms with Crippen LogP contribution in [0.25, 0.3) is 0 Å². The second-order valence-corrected chi connectivity index (χ2v) is 6.79. The van der Waals surface area contributed by atoms with Crippen LogP contribution >= 0.6 is 15.9 Å². The Morgan fingerprint density at radius 3 is 1.10 bits per heavy atom. The lowest BCUT2D eigenvalue weighted by atomic mass is 9.94. The largest absolute Gasteiger partial charge is 0.425 e. The maximum atomic E-state index is 13.4. The minimum atomic E-state index is -6.50. The highest BCUT2D eigenvalue weighted by molar-refractivity contribution is 9.09. The molecule has 0 aliphatic carbocycles. The Morgan fingerprint density at radius 1 is 0.613 bits per heavy atom. The first-order chi connectivity index (χ1) is 13.7. The summed E-state index contributed by atoms with van der Waals surface area (Å²) < 4.78 is 188. The highest BCUT2D eigenvalue weighted by Crippen LogP contribution is 2.49. The van der Waals surface area contributed by atoms with Crippen LogP contribution in [0, 0.1) is 5.41 Å². The van der Waals surface area contributed by atoms with Gasteiger partial charge in [-0.1, -0.05) is 15.9 Å². The van der Waals surface area contributed by atoms with Crippen molar-refractivity contribution >= 4 is 15.9 Å². The van der Waals surface area contributed by atoms with Crippen molar-refractivity contribution < 1.29 is 76.0 Å². The van der Waals surface area contributed by atoms with Gasteiger partial charge in [-0.3, -0.25) is 0 Å². The third kappa shape index (κ3) is 5.85. The average Bonchev–Trinajstić information content (AvgIpc) is 2.67. The third-order valence-corrected chi connectivity index (χ3v) is 4.91.